The number of likely N-dealkylation sites (tertiary alicyclic amines) is 1. The molecule has 1 atom stereocenters. The largest absolute Gasteiger partial charge is 0.459 e. The Hall–Kier alpha value is -3.78. The molecule has 2 aromatic carbocycles. The molecule has 2 N–H and O–H groups in total. The molecular formula is C32H39N5O3. The molecule has 3 fully saturated rings. The number of anilines is 3. The fourth-order valence-corrected chi connectivity index (χ4v) is 6.53. The van der Waals surface area contributed by atoms with Crippen LogP contribution in [0.3, 0.4) is 0 Å². The number of piperazine rings is 1. The lowest BCUT2D eigenvalue weighted by Gasteiger charge is -2.38. The number of amides is 2. The molecule has 1 saturated carbocycles. The smallest absolute Gasteiger partial charge is 0.291 e. The number of hydrogen-bond donors (Lipinski definition) is 2. The summed E-state index contributed by atoms with van der Waals surface area (Å²) in [6.45, 7) is 7.47. The number of rotatable bonds is 7. The fourth-order valence-electron chi connectivity index (χ4n) is 6.53. The number of nitrogens with one attached hydrogen (secondary N) is 2. The van der Waals surface area contributed by atoms with Gasteiger partial charge in [-0.15, -0.1) is 0 Å². The third-order valence-corrected chi connectivity index (χ3v) is 8.72. The topological polar surface area (TPSA) is 81.1 Å². The van der Waals surface area contributed by atoms with Crippen molar-refractivity contribution in [3.63, 3.8) is 0 Å². The molecule has 2 amide bonds. The number of benzene rings is 2. The van der Waals surface area contributed by atoms with Gasteiger partial charge in [-0.05, 0) is 68.1 Å². The third kappa shape index (κ3) is 5.72. The summed E-state index contributed by atoms with van der Waals surface area (Å²) in [5, 5.41) is 6.27. The Morgan fingerprint density at radius 1 is 0.825 bits per heavy atom. The molecule has 1 aliphatic carbocycles. The molecule has 1 aromatic heterocycles. The second-order valence-corrected chi connectivity index (χ2v) is 11.3. The van der Waals surface area contributed by atoms with Gasteiger partial charge in [0.1, 0.15) is 0 Å². The number of furan rings is 1. The first-order valence-electron chi connectivity index (χ1n) is 14.6. The van der Waals surface area contributed by atoms with Gasteiger partial charge in [0.05, 0.1) is 17.6 Å². The Morgan fingerprint density at radius 2 is 1.57 bits per heavy atom. The second kappa shape index (κ2) is 11.8. The van der Waals surface area contributed by atoms with Gasteiger partial charge >= 0.3 is 0 Å². The van der Waals surface area contributed by atoms with Crippen LogP contribution < -0.4 is 20.4 Å². The Kier molecular flexibility index (Phi) is 7.77. The summed E-state index contributed by atoms with van der Waals surface area (Å²) in [6, 6.07) is 18.3. The Morgan fingerprint density at radius 3 is 2.30 bits per heavy atom. The zero-order valence-corrected chi connectivity index (χ0v) is 23.3. The van der Waals surface area contributed by atoms with Crippen LogP contribution in [0.2, 0.25) is 0 Å². The van der Waals surface area contributed by atoms with E-state index in [9.17, 15) is 9.59 Å². The molecule has 3 aliphatic rings. The first kappa shape index (κ1) is 26.4. The minimum absolute atomic E-state index is 0.0947. The molecule has 210 valence electrons. The number of hydrogen-bond acceptors (Lipinski definition) is 6. The zero-order valence-electron chi connectivity index (χ0n) is 23.3. The van der Waals surface area contributed by atoms with E-state index in [0.29, 0.717) is 17.3 Å². The number of aryl methyl sites for hydroxylation is 1. The molecule has 40 heavy (non-hydrogen) atoms. The number of carbonyl (C=O) groups excluding carboxylic acids is 2. The van der Waals surface area contributed by atoms with Crippen molar-refractivity contribution in [1.82, 2.24) is 10.2 Å². The van der Waals surface area contributed by atoms with Crippen LogP contribution in [0.1, 0.15) is 58.6 Å². The summed E-state index contributed by atoms with van der Waals surface area (Å²) in [6.07, 6.45) is 7.66. The lowest BCUT2D eigenvalue weighted by atomic mass is 10.1. The summed E-state index contributed by atoms with van der Waals surface area (Å²) in [5.74, 6) is -0.184. The minimum Gasteiger partial charge on any atom is -0.459 e. The highest BCUT2D eigenvalue weighted by molar-refractivity contribution is 6.05. The van der Waals surface area contributed by atoms with Crippen molar-refractivity contribution in [3.05, 3.63) is 77.7 Å². The normalized spacial score (nSPS) is 20.2. The van der Waals surface area contributed by atoms with Gasteiger partial charge in [-0.2, -0.15) is 0 Å². The van der Waals surface area contributed by atoms with Gasteiger partial charge in [0.2, 0.25) is 0 Å². The van der Waals surface area contributed by atoms with Crippen LogP contribution in [0.4, 0.5) is 17.1 Å². The molecular weight excluding hydrogens is 502 g/mol. The maximum atomic E-state index is 13.3. The van der Waals surface area contributed by atoms with Crippen LogP contribution in [-0.2, 0) is 0 Å². The number of carbonyl (C=O) groups is 2. The van der Waals surface area contributed by atoms with Crippen LogP contribution >= 0.6 is 0 Å². The fraction of sp³-hybridized carbons (Fsp3) is 0.438. The van der Waals surface area contributed by atoms with E-state index in [-0.39, 0.29) is 23.6 Å². The Labute approximate surface area is 236 Å². The van der Waals surface area contributed by atoms with Crippen molar-refractivity contribution >= 4 is 28.9 Å². The van der Waals surface area contributed by atoms with E-state index >= 15 is 0 Å². The van der Waals surface area contributed by atoms with Crippen LogP contribution in [0.5, 0.6) is 0 Å². The van der Waals surface area contributed by atoms with Gasteiger partial charge in [-0.3, -0.25) is 14.5 Å². The van der Waals surface area contributed by atoms with Crippen LogP contribution in [0.25, 0.3) is 0 Å². The number of para-hydroxylation sites is 1. The maximum Gasteiger partial charge on any atom is 0.291 e. The van der Waals surface area contributed by atoms with E-state index in [1.54, 1.807) is 12.1 Å². The van der Waals surface area contributed by atoms with E-state index in [0.717, 1.165) is 51.4 Å². The zero-order chi connectivity index (χ0) is 27.5. The standard InChI is InChI=1S/C32H39N5O3/c1-23-7-2-5-10-28(23)35-16-18-36(19-17-35)29-13-12-24(21-27(29)34-32(39)30-11-6-20-40-30)31(38)33-25-14-15-37(22-25)26-8-3-4-9-26/h2,5-7,10-13,20-21,25-26H,3-4,8-9,14-19,22H2,1H3,(H,33,38)(H,34,39). The summed E-state index contributed by atoms with van der Waals surface area (Å²) in [4.78, 5) is 33.5. The maximum absolute atomic E-state index is 13.3. The van der Waals surface area contributed by atoms with Gasteiger partial charge in [-0.25, -0.2) is 0 Å². The summed E-state index contributed by atoms with van der Waals surface area (Å²) in [5.41, 5.74) is 4.62. The van der Waals surface area contributed by atoms with Gasteiger partial charge in [0, 0.05) is 62.6 Å². The van der Waals surface area contributed by atoms with Gasteiger partial charge in [0.25, 0.3) is 11.8 Å². The van der Waals surface area contributed by atoms with Crippen molar-refractivity contribution in [1.29, 1.82) is 0 Å². The second-order valence-electron chi connectivity index (χ2n) is 11.3. The molecule has 0 bridgehead atoms. The molecule has 2 aliphatic heterocycles. The van der Waals surface area contributed by atoms with Gasteiger partial charge < -0.3 is 24.9 Å². The van der Waals surface area contributed by atoms with Gasteiger partial charge in [0.15, 0.2) is 5.76 Å². The van der Waals surface area contributed by atoms with Crippen molar-refractivity contribution in [2.75, 3.05) is 54.4 Å². The highest BCUT2D eigenvalue weighted by Crippen LogP contribution is 2.31. The van der Waals surface area contributed by atoms with Crippen molar-refractivity contribution in [3.8, 4) is 0 Å². The average molecular weight is 542 g/mol. The molecule has 0 spiro atoms. The van der Waals surface area contributed by atoms with Crippen LogP contribution in [0.15, 0.2) is 65.3 Å². The predicted molar refractivity (Wildman–Crippen MR) is 158 cm³/mol. The molecule has 3 aromatic rings. The Balaban J connectivity index is 1.17. The van der Waals surface area contributed by atoms with E-state index in [1.165, 1.54) is 43.2 Å². The molecule has 6 rings (SSSR count). The third-order valence-electron chi connectivity index (χ3n) is 8.72. The summed E-state index contributed by atoms with van der Waals surface area (Å²) in [7, 11) is 0. The highest BCUT2D eigenvalue weighted by atomic mass is 16.3. The number of nitrogens with zero attached hydrogens (tertiary/aromatic N) is 3. The molecule has 1 unspecified atom stereocenters. The SMILES string of the molecule is Cc1ccccc1N1CCN(c2ccc(C(=O)NC3CCN(C4CCCC4)C3)cc2NC(=O)c2ccco2)CC1. The molecule has 8 nitrogen and oxygen atoms in total. The van der Waals surface area contributed by atoms with Crippen LogP contribution in [-0.4, -0.2) is 68.1 Å². The van der Waals surface area contributed by atoms with Crippen LogP contribution in [0, 0.1) is 6.92 Å². The van der Waals surface area contributed by atoms with E-state index in [1.807, 2.05) is 18.2 Å². The quantitative estimate of drug-likeness (QED) is 0.442. The van der Waals surface area contributed by atoms with Crippen molar-refractivity contribution in [2.24, 2.45) is 0 Å². The average Bonchev–Trinajstić information content (AvgIpc) is 3.77. The van der Waals surface area contributed by atoms with E-state index in [2.05, 4.69) is 56.5 Å². The van der Waals surface area contributed by atoms with Crippen molar-refractivity contribution in [2.45, 2.75) is 51.1 Å². The molecule has 2 saturated heterocycles. The van der Waals surface area contributed by atoms with E-state index in [4.69, 9.17) is 4.42 Å². The predicted octanol–water partition coefficient (Wildman–Crippen LogP) is 4.91. The summed E-state index contributed by atoms with van der Waals surface area (Å²) < 4.78 is 5.33. The molecule has 0 radical (unpaired) electrons. The lowest BCUT2D eigenvalue weighted by molar-refractivity contribution is 0.0934. The lowest BCUT2D eigenvalue weighted by Crippen LogP contribution is -2.47. The Bertz CT molecular complexity index is 1330. The van der Waals surface area contributed by atoms with Crippen molar-refractivity contribution < 1.29 is 14.0 Å². The van der Waals surface area contributed by atoms with E-state index < -0.39 is 0 Å². The summed E-state index contributed by atoms with van der Waals surface area (Å²) >= 11 is 0. The highest BCUT2D eigenvalue weighted by Gasteiger charge is 2.31. The first-order valence-corrected chi connectivity index (χ1v) is 14.6. The molecule has 8 heteroatoms. The minimum atomic E-state index is -0.328. The molecule has 3 heterocycles. The first-order chi connectivity index (χ1) is 19.5. The van der Waals surface area contributed by atoms with Gasteiger partial charge in [-0.1, -0.05) is 31.0 Å². The monoisotopic (exact) mass is 541 g/mol.